The van der Waals surface area contributed by atoms with E-state index in [1.165, 1.54) is 12.1 Å². The van der Waals surface area contributed by atoms with Crippen molar-refractivity contribution in [2.24, 2.45) is 0 Å². The van der Waals surface area contributed by atoms with Gasteiger partial charge in [0.2, 0.25) is 0 Å². The Morgan fingerprint density at radius 1 is 1.03 bits per heavy atom. The second kappa shape index (κ2) is 9.70. The fourth-order valence-electron chi connectivity index (χ4n) is 4.28. The van der Waals surface area contributed by atoms with E-state index in [1.807, 2.05) is 12.3 Å². The maximum atomic E-state index is 13.8. The number of benzene rings is 1. The fraction of sp³-hybridized carbons (Fsp3) is 0.185. The van der Waals surface area contributed by atoms with E-state index in [1.54, 1.807) is 30.9 Å². The highest BCUT2D eigenvalue weighted by atomic mass is 19.1. The van der Waals surface area contributed by atoms with Crippen molar-refractivity contribution >= 4 is 11.0 Å². The molecule has 0 bridgehead atoms. The summed E-state index contributed by atoms with van der Waals surface area (Å²) in [6.07, 6.45) is 8.75. The molecule has 5 aromatic rings. The molecule has 36 heavy (non-hydrogen) atoms. The number of halogens is 1. The summed E-state index contributed by atoms with van der Waals surface area (Å²) in [5.41, 5.74) is 6.11. The molecule has 5 heterocycles. The number of ether oxygens (including phenoxy) is 1. The Balaban J connectivity index is 1.29. The number of rotatable bonds is 4. The van der Waals surface area contributed by atoms with Crippen molar-refractivity contribution in [3.05, 3.63) is 83.8 Å². The van der Waals surface area contributed by atoms with Gasteiger partial charge in [-0.25, -0.2) is 9.37 Å². The lowest BCUT2D eigenvalue weighted by atomic mass is 10.1. The van der Waals surface area contributed by atoms with Crippen LogP contribution in [0.5, 0.6) is 0 Å². The molecule has 0 amide bonds. The zero-order chi connectivity index (χ0) is 24.3. The quantitative estimate of drug-likeness (QED) is 0.381. The summed E-state index contributed by atoms with van der Waals surface area (Å²) >= 11 is 0. The largest absolute Gasteiger partial charge is 0.379 e. The first-order valence-corrected chi connectivity index (χ1v) is 11.6. The molecule has 1 fully saturated rings. The average molecular weight is 480 g/mol. The predicted octanol–water partition coefficient (Wildman–Crippen LogP) is 3.78. The van der Waals surface area contributed by atoms with Crippen molar-refractivity contribution in [2.75, 3.05) is 26.3 Å². The molecule has 6 rings (SSSR count). The number of aromatic nitrogens is 6. The van der Waals surface area contributed by atoms with Crippen LogP contribution in [0.4, 0.5) is 4.39 Å². The monoisotopic (exact) mass is 479 g/mol. The molecule has 178 valence electrons. The molecule has 1 aliphatic rings. The maximum Gasteiger partial charge on any atom is 0.160 e. The lowest BCUT2D eigenvalue weighted by molar-refractivity contribution is 0.0341. The predicted molar refractivity (Wildman–Crippen MR) is 133 cm³/mol. The van der Waals surface area contributed by atoms with Crippen LogP contribution in [0.1, 0.15) is 16.7 Å². The maximum absolute atomic E-state index is 13.8. The Hall–Kier alpha value is -4.39. The van der Waals surface area contributed by atoms with Gasteiger partial charge < -0.3 is 9.72 Å². The number of pyridine rings is 2. The van der Waals surface area contributed by atoms with Gasteiger partial charge in [-0.3, -0.25) is 20.0 Å². The number of morpholine rings is 1. The zero-order valence-corrected chi connectivity index (χ0v) is 19.3. The van der Waals surface area contributed by atoms with Crippen LogP contribution < -0.4 is 0 Å². The molecule has 8 nitrogen and oxygen atoms in total. The molecule has 0 radical (unpaired) electrons. The van der Waals surface area contributed by atoms with Crippen LogP contribution in [0.3, 0.4) is 0 Å². The minimum Gasteiger partial charge on any atom is -0.379 e. The summed E-state index contributed by atoms with van der Waals surface area (Å²) in [4.78, 5) is 19.0. The lowest BCUT2D eigenvalue weighted by Gasteiger charge is -2.26. The number of nitrogens with zero attached hydrogens (tertiary/aromatic N) is 5. The number of fused-ring (bicyclic) bond motifs is 1. The van der Waals surface area contributed by atoms with E-state index in [2.05, 4.69) is 48.0 Å². The summed E-state index contributed by atoms with van der Waals surface area (Å²) in [5, 5.41) is 7.25. The molecule has 1 aliphatic heterocycles. The third kappa shape index (κ3) is 4.60. The van der Waals surface area contributed by atoms with Gasteiger partial charge in [0.25, 0.3) is 0 Å². The SMILES string of the molecule is Fc1cccc(-c2cncc3[nH]c(-c4n[nH]cc4C#Cc4cncc(CN5CCOCC5)c4)nc23)c1. The highest BCUT2D eigenvalue weighted by Gasteiger charge is 2.15. The van der Waals surface area contributed by atoms with Crippen molar-refractivity contribution in [2.45, 2.75) is 6.54 Å². The topological polar surface area (TPSA) is 95.6 Å². The van der Waals surface area contributed by atoms with E-state index in [0.29, 0.717) is 28.2 Å². The van der Waals surface area contributed by atoms with Crippen molar-refractivity contribution in [3.8, 4) is 34.5 Å². The van der Waals surface area contributed by atoms with Crippen molar-refractivity contribution in [3.63, 3.8) is 0 Å². The Morgan fingerprint density at radius 2 is 1.92 bits per heavy atom. The van der Waals surface area contributed by atoms with Crippen LogP contribution in [0.25, 0.3) is 33.7 Å². The first-order chi connectivity index (χ1) is 17.7. The van der Waals surface area contributed by atoms with Crippen LogP contribution in [0.2, 0.25) is 0 Å². The van der Waals surface area contributed by atoms with E-state index in [0.717, 1.165) is 55.1 Å². The summed E-state index contributed by atoms with van der Waals surface area (Å²) < 4.78 is 19.2. The average Bonchev–Trinajstić information content (AvgIpc) is 3.55. The van der Waals surface area contributed by atoms with Crippen LogP contribution in [-0.4, -0.2) is 61.3 Å². The molecular weight excluding hydrogens is 457 g/mol. The molecule has 4 aromatic heterocycles. The van der Waals surface area contributed by atoms with Gasteiger partial charge in [-0.05, 0) is 29.3 Å². The molecule has 0 aliphatic carbocycles. The van der Waals surface area contributed by atoms with E-state index >= 15 is 0 Å². The molecule has 0 unspecified atom stereocenters. The summed E-state index contributed by atoms with van der Waals surface area (Å²) in [6.45, 7) is 4.18. The van der Waals surface area contributed by atoms with Gasteiger partial charge in [0.05, 0.1) is 36.0 Å². The Bertz CT molecular complexity index is 1590. The number of H-pyrrole nitrogens is 2. The van der Waals surface area contributed by atoms with Gasteiger partial charge in [0, 0.05) is 55.5 Å². The minimum absolute atomic E-state index is 0.311. The number of hydrogen-bond donors (Lipinski definition) is 2. The Labute approximate surface area is 206 Å². The van der Waals surface area contributed by atoms with Gasteiger partial charge in [0.15, 0.2) is 5.82 Å². The molecule has 0 atom stereocenters. The Kier molecular flexibility index (Phi) is 5.95. The third-order valence-electron chi connectivity index (χ3n) is 6.04. The highest BCUT2D eigenvalue weighted by Crippen LogP contribution is 2.29. The second-order valence-electron chi connectivity index (χ2n) is 8.55. The standard InChI is InChI=1S/C27H22FN7O/c28-22-3-1-2-20(11-22)23-15-30-16-24-26(23)33-27(32-24)25-21(14-31-34-25)5-4-18-10-19(13-29-12-18)17-35-6-8-36-9-7-35/h1-3,10-16H,6-9,17H2,(H,31,34)(H,32,33). The van der Waals surface area contributed by atoms with Gasteiger partial charge in [0.1, 0.15) is 11.5 Å². The van der Waals surface area contributed by atoms with Crippen molar-refractivity contribution in [1.82, 2.24) is 35.0 Å². The van der Waals surface area contributed by atoms with E-state index < -0.39 is 0 Å². The first-order valence-electron chi connectivity index (χ1n) is 11.6. The molecule has 0 spiro atoms. The van der Waals surface area contributed by atoms with Gasteiger partial charge in [-0.1, -0.05) is 24.0 Å². The molecular formula is C27H22FN7O. The lowest BCUT2D eigenvalue weighted by Crippen LogP contribution is -2.35. The van der Waals surface area contributed by atoms with Crippen molar-refractivity contribution in [1.29, 1.82) is 0 Å². The fourth-order valence-corrected chi connectivity index (χ4v) is 4.28. The number of imidazole rings is 1. The van der Waals surface area contributed by atoms with Crippen LogP contribution >= 0.6 is 0 Å². The van der Waals surface area contributed by atoms with Crippen LogP contribution in [0, 0.1) is 17.7 Å². The van der Waals surface area contributed by atoms with Gasteiger partial charge in [-0.15, -0.1) is 0 Å². The molecule has 1 saturated heterocycles. The van der Waals surface area contributed by atoms with E-state index in [4.69, 9.17) is 9.72 Å². The van der Waals surface area contributed by atoms with E-state index in [-0.39, 0.29) is 5.82 Å². The Morgan fingerprint density at radius 3 is 2.81 bits per heavy atom. The van der Waals surface area contributed by atoms with Crippen LogP contribution in [0.15, 0.2) is 61.3 Å². The summed E-state index contributed by atoms with van der Waals surface area (Å²) in [5.74, 6) is 6.64. The molecule has 1 aromatic carbocycles. The molecule has 2 N–H and O–H groups in total. The second-order valence-corrected chi connectivity index (χ2v) is 8.55. The number of nitrogens with one attached hydrogen (secondary N) is 2. The van der Waals surface area contributed by atoms with E-state index in [9.17, 15) is 4.39 Å². The zero-order valence-electron chi connectivity index (χ0n) is 19.3. The summed E-state index contributed by atoms with van der Waals surface area (Å²) in [6, 6.07) is 8.45. The molecule has 0 saturated carbocycles. The van der Waals surface area contributed by atoms with Crippen LogP contribution in [-0.2, 0) is 11.3 Å². The number of aromatic amines is 2. The first kappa shape index (κ1) is 22.1. The van der Waals surface area contributed by atoms with Crippen molar-refractivity contribution < 1.29 is 9.13 Å². The van der Waals surface area contributed by atoms with Gasteiger partial charge in [-0.2, -0.15) is 5.10 Å². The van der Waals surface area contributed by atoms with Gasteiger partial charge >= 0.3 is 0 Å². The number of hydrogen-bond acceptors (Lipinski definition) is 6. The minimum atomic E-state index is -0.311. The third-order valence-corrected chi connectivity index (χ3v) is 6.04. The smallest absolute Gasteiger partial charge is 0.160 e. The summed E-state index contributed by atoms with van der Waals surface area (Å²) in [7, 11) is 0. The highest BCUT2D eigenvalue weighted by molar-refractivity contribution is 5.92. The molecule has 9 heteroatoms. The normalized spacial score (nSPS) is 14.0.